The number of nitrogen functional groups attached to an aromatic ring is 2. The molecule has 10 nitrogen and oxygen atoms in total. The molecule has 6 N–H and O–H groups in total. The summed E-state index contributed by atoms with van der Waals surface area (Å²) in [6.45, 7) is 6.42. The third-order valence-electron chi connectivity index (χ3n) is 6.56. The second-order valence-electron chi connectivity index (χ2n) is 10.1. The first kappa shape index (κ1) is 32.8. The fourth-order valence-electron chi connectivity index (χ4n) is 4.66. The number of halogens is 2. The van der Waals surface area contributed by atoms with Gasteiger partial charge >= 0.3 is 0 Å². The number of benzene rings is 2. The number of pyridine rings is 1. The molecule has 0 saturated carbocycles. The Balaban J connectivity index is 0.000000421. The molecular weight excluding hydrogens is 609 g/mol. The molecule has 44 heavy (non-hydrogen) atoms. The largest absolute Gasteiger partial charge is 0.480 e. The maximum atomic E-state index is 13.0. The predicted molar refractivity (Wildman–Crippen MR) is 172 cm³/mol. The van der Waals surface area contributed by atoms with Crippen molar-refractivity contribution in [3.63, 3.8) is 0 Å². The van der Waals surface area contributed by atoms with Crippen LogP contribution in [-0.2, 0) is 11.3 Å². The number of morpholine rings is 1. The molecule has 3 heterocycles. The van der Waals surface area contributed by atoms with Gasteiger partial charge in [-0.05, 0) is 49.7 Å². The quantitative estimate of drug-likeness (QED) is 0.101. The lowest BCUT2D eigenvalue weighted by atomic mass is 10.0. The highest BCUT2D eigenvalue weighted by atomic mass is 32.1. The number of nitrogens with zero attached hydrogens (tertiary/aromatic N) is 3. The van der Waals surface area contributed by atoms with Crippen molar-refractivity contribution in [3.8, 4) is 17.0 Å². The van der Waals surface area contributed by atoms with Gasteiger partial charge in [0, 0.05) is 58.7 Å². The number of thiazole rings is 1. The zero-order valence-corrected chi connectivity index (χ0v) is 26.0. The van der Waals surface area contributed by atoms with Crippen molar-refractivity contribution in [2.75, 3.05) is 37.0 Å². The molecule has 0 spiro atoms. The Labute approximate surface area is 263 Å². The van der Waals surface area contributed by atoms with E-state index in [0.717, 1.165) is 36.4 Å². The lowest BCUT2D eigenvalue weighted by molar-refractivity contribution is -0.0705. The Kier molecular flexibility index (Phi) is 10.9. The number of anilines is 3. The van der Waals surface area contributed by atoms with Gasteiger partial charge in [-0.15, -0.1) is 24.0 Å². The second-order valence-corrected chi connectivity index (χ2v) is 11.5. The van der Waals surface area contributed by atoms with E-state index < -0.39 is 11.6 Å². The predicted octanol–water partition coefficient (Wildman–Crippen LogP) is 5.49. The molecule has 2 aromatic heterocycles. The first-order valence-corrected chi connectivity index (χ1v) is 14.8. The molecule has 5 rings (SSSR count). The van der Waals surface area contributed by atoms with Crippen molar-refractivity contribution in [2.24, 2.45) is 0 Å². The van der Waals surface area contributed by atoms with Crippen LogP contribution in [0, 0.1) is 17.0 Å². The van der Waals surface area contributed by atoms with E-state index >= 15 is 0 Å². The van der Waals surface area contributed by atoms with Crippen molar-refractivity contribution in [1.82, 2.24) is 14.9 Å². The minimum Gasteiger partial charge on any atom is -0.480 e. The van der Waals surface area contributed by atoms with Crippen molar-refractivity contribution < 1.29 is 23.0 Å². The highest BCUT2D eigenvalue weighted by Gasteiger charge is 2.23. The van der Waals surface area contributed by atoms with Gasteiger partial charge in [0.1, 0.15) is 22.3 Å². The molecule has 1 saturated heterocycles. The smallest absolute Gasteiger partial charge is 0.275 e. The number of rotatable bonds is 7. The van der Waals surface area contributed by atoms with E-state index in [9.17, 15) is 13.6 Å². The van der Waals surface area contributed by atoms with E-state index in [1.165, 1.54) is 24.5 Å². The van der Waals surface area contributed by atoms with Crippen LogP contribution in [0.3, 0.4) is 0 Å². The number of ether oxygens (including phenoxy) is 2. The van der Waals surface area contributed by atoms with Gasteiger partial charge < -0.3 is 31.7 Å². The molecule has 1 amide bonds. The highest BCUT2D eigenvalue weighted by molar-refractivity contribution is 7.80. The molecule has 1 aliphatic rings. The van der Waals surface area contributed by atoms with Gasteiger partial charge in [0.15, 0.2) is 0 Å². The summed E-state index contributed by atoms with van der Waals surface area (Å²) >= 11 is 5.15. The minimum atomic E-state index is -0.627. The van der Waals surface area contributed by atoms with Crippen LogP contribution in [0.2, 0.25) is 0 Å². The van der Waals surface area contributed by atoms with E-state index in [-0.39, 0.29) is 23.0 Å². The van der Waals surface area contributed by atoms with Crippen LogP contribution in [0.4, 0.5) is 25.8 Å². The monoisotopic (exact) mass is 641 g/mol. The van der Waals surface area contributed by atoms with E-state index in [0.29, 0.717) is 51.9 Å². The summed E-state index contributed by atoms with van der Waals surface area (Å²) in [5.74, 6) is -1.25. The summed E-state index contributed by atoms with van der Waals surface area (Å²) in [7, 11) is 1.49. The topological polar surface area (TPSA) is 152 Å². The van der Waals surface area contributed by atoms with Crippen LogP contribution in [0.25, 0.3) is 11.1 Å². The third-order valence-corrected chi connectivity index (χ3v) is 7.75. The minimum absolute atomic E-state index is 0.162. The van der Waals surface area contributed by atoms with Gasteiger partial charge in [-0.25, -0.2) is 18.7 Å². The van der Waals surface area contributed by atoms with Crippen LogP contribution < -0.4 is 21.5 Å². The molecule has 232 valence electrons. The van der Waals surface area contributed by atoms with E-state index in [1.807, 2.05) is 0 Å². The van der Waals surface area contributed by atoms with Crippen LogP contribution in [-0.4, -0.2) is 59.4 Å². The molecule has 0 bridgehead atoms. The Bertz CT molecular complexity index is 1640. The maximum Gasteiger partial charge on any atom is 0.275 e. The van der Waals surface area contributed by atoms with Gasteiger partial charge in [-0.1, -0.05) is 0 Å². The molecule has 0 aliphatic carbocycles. The average molecular weight is 642 g/mol. The molecule has 14 heteroatoms. The summed E-state index contributed by atoms with van der Waals surface area (Å²) in [5.41, 5.74) is 15.4. The Hall–Kier alpha value is -4.11. The molecule has 1 aliphatic heterocycles. The average Bonchev–Trinajstić information content (AvgIpc) is 3.43. The number of hydrogen-bond acceptors (Lipinski definition) is 11. The normalized spacial score (nSPS) is 16.5. The van der Waals surface area contributed by atoms with E-state index in [2.05, 4.69) is 46.7 Å². The first-order valence-electron chi connectivity index (χ1n) is 13.5. The van der Waals surface area contributed by atoms with Gasteiger partial charge in [0.25, 0.3) is 5.91 Å². The number of carbonyl (C=O) groups is 1. The standard InChI is InChI=1S/C24H29N7O3S.C6H4F2S/c1-13-9-31(10-14(2)34-13)11-22-29-21(12-35-22)23(32)30-20-6-15(4-18(26)17(20)7-25)16-5-19(27)24(33-3)28-8-16;7-4-1-2-6(9)5(8)3-4/h4-8,12-14,25H,9-11,26-27H2,1-3H3,(H,30,32);1-3,9H/t13-,14+;. The summed E-state index contributed by atoms with van der Waals surface area (Å²) in [4.78, 5) is 24.2. The third kappa shape index (κ3) is 8.29. The number of amides is 1. The molecule has 1 fully saturated rings. The van der Waals surface area contributed by atoms with E-state index in [4.69, 9.17) is 26.4 Å². The number of nitrogens with one attached hydrogen (secondary N) is 2. The van der Waals surface area contributed by atoms with Gasteiger partial charge in [-0.2, -0.15) is 0 Å². The van der Waals surface area contributed by atoms with Crippen molar-refractivity contribution in [1.29, 1.82) is 5.41 Å². The number of hydrogen-bond donors (Lipinski definition) is 5. The molecule has 2 aromatic carbocycles. The van der Waals surface area contributed by atoms with Crippen LogP contribution in [0.1, 0.15) is 34.9 Å². The fraction of sp³-hybridized carbons (Fsp3) is 0.267. The van der Waals surface area contributed by atoms with Gasteiger partial charge in [0.2, 0.25) is 5.88 Å². The molecule has 0 radical (unpaired) electrons. The van der Waals surface area contributed by atoms with Crippen molar-refractivity contribution >= 4 is 53.1 Å². The number of aromatic nitrogens is 2. The van der Waals surface area contributed by atoms with Gasteiger partial charge in [-0.3, -0.25) is 9.69 Å². The maximum absolute atomic E-state index is 13.0. The SMILES string of the molecule is COc1ncc(-c2cc(N)c(C=N)c(NC(=O)c3csc(CN4C[C@@H](C)O[C@@H](C)C4)n3)c2)cc1N.Fc1ccc(S)c(F)c1. The number of carbonyl (C=O) groups excluding carboxylic acids is 1. The number of nitrogens with two attached hydrogens (primary N) is 2. The van der Waals surface area contributed by atoms with Crippen LogP contribution in [0.5, 0.6) is 5.88 Å². The Morgan fingerprint density at radius 1 is 1.18 bits per heavy atom. The van der Waals surface area contributed by atoms with Crippen molar-refractivity contribution in [2.45, 2.75) is 37.5 Å². The van der Waals surface area contributed by atoms with E-state index in [1.54, 1.807) is 29.8 Å². The molecule has 0 unspecified atom stereocenters. The highest BCUT2D eigenvalue weighted by Crippen LogP contribution is 2.32. The molecular formula is C30H33F2N7O3S2. The van der Waals surface area contributed by atoms with Gasteiger partial charge in [0.05, 0.1) is 37.2 Å². The summed E-state index contributed by atoms with van der Waals surface area (Å²) < 4.78 is 35.2. The Morgan fingerprint density at radius 2 is 1.89 bits per heavy atom. The zero-order valence-electron chi connectivity index (χ0n) is 24.3. The summed E-state index contributed by atoms with van der Waals surface area (Å²) in [5, 5.41) is 13.2. The summed E-state index contributed by atoms with van der Waals surface area (Å²) in [6, 6.07) is 8.39. The molecule has 2 atom stereocenters. The van der Waals surface area contributed by atoms with Crippen molar-refractivity contribution in [3.05, 3.63) is 75.9 Å². The van der Waals surface area contributed by atoms with Crippen LogP contribution >= 0.6 is 24.0 Å². The Morgan fingerprint density at radius 3 is 2.50 bits per heavy atom. The lowest BCUT2D eigenvalue weighted by Gasteiger charge is -2.34. The first-order chi connectivity index (χ1) is 21.0. The fourth-order valence-corrected chi connectivity index (χ4v) is 5.62. The van der Waals surface area contributed by atoms with Crippen LogP contribution in [0.15, 0.2) is 52.9 Å². The lowest BCUT2D eigenvalue weighted by Crippen LogP contribution is -2.44. The molecule has 4 aromatic rings. The number of methoxy groups -OCH3 is 1. The second kappa shape index (κ2) is 14.6. The summed E-state index contributed by atoms with van der Waals surface area (Å²) in [6.07, 6.45) is 3.05. The zero-order chi connectivity index (χ0) is 32.0. The number of thiol groups is 1.